The fourth-order valence-corrected chi connectivity index (χ4v) is 1.82. The Hall–Kier alpha value is -1.30. The van der Waals surface area contributed by atoms with E-state index in [1.165, 1.54) is 0 Å². The summed E-state index contributed by atoms with van der Waals surface area (Å²) < 4.78 is 10.7. The second-order valence-corrected chi connectivity index (χ2v) is 4.15. The van der Waals surface area contributed by atoms with Crippen LogP contribution in [0.25, 0.3) is 0 Å². The molecule has 0 saturated carbocycles. The molecule has 0 aliphatic carbocycles. The normalized spacial score (nSPS) is 17.6. The van der Waals surface area contributed by atoms with Gasteiger partial charge in [0, 0.05) is 18.8 Å². The zero-order chi connectivity index (χ0) is 12.8. The van der Waals surface area contributed by atoms with Gasteiger partial charge in [-0.05, 0) is 37.1 Å². The molecule has 6 heteroatoms. The van der Waals surface area contributed by atoms with Gasteiger partial charge in [-0.2, -0.15) is 0 Å². The van der Waals surface area contributed by atoms with Gasteiger partial charge in [0.25, 0.3) is 5.91 Å². The first-order chi connectivity index (χ1) is 8.79. The summed E-state index contributed by atoms with van der Waals surface area (Å²) >= 11 is 0. The van der Waals surface area contributed by atoms with Gasteiger partial charge in [0.15, 0.2) is 0 Å². The molecular formula is C13H19ClN2O3. The number of anilines is 1. The molecule has 0 radical (unpaired) electrons. The fraction of sp³-hybridized carbons (Fsp3) is 0.462. The van der Waals surface area contributed by atoms with Gasteiger partial charge in [0.1, 0.15) is 18.5 Å². The maximum atomic E-state index is 11.8. The van der Waals surface area contributed by atoms with Crippen LogP contribution in [0, 0.1) is 0 Å². The molecule has 0 bridgehead atoms. The topological polar surface area (TPSA) is 73.6 Å². The van der Waals surface area contributed by atoms with E-state index in [9.17, 15) is 4.79 Å². The molecule has 1 unspecified atom stereocenters. The number of carbonyl (C=O) groups excluding carboxylic acids is 1. The molecule has 1 aromatic carbocycles. The SMILES string of the molecule is Cl.NCCOc1ccc(NC(=O)C2CCCO2)cc1. The number of amides is 1. The summed E-state index contributed by atoms with van der Waals surface area (Å²) in [6, 6.07) is 7.22. The number of ether oxygens (including phenoxy) is 2. The molecule has 1 aliphatic rings. The molecule has 1 atom stereocenters. The molecule has 1 heterocycles. The highest BCUT2D eigenvalue weighted by atomic mass is 35.5. The van der Waals surface area contributed by atoms with E-state index in [1.54, 1.807) is 24.3 Å². The van der Waals surface area contributed by atoms with E-state index in [0.29, 0.717) is 19.8 Å². The Morgan fingerprint density at radius 2 is 2.16 bits per heavy atom. The number of nitrogens with one attached hydrogen (secondary N) is 1. The minimum Gasteiger partial charge on any atom is -0.492 e. The van der Waals surface area contributed by atoms with Gasteiger partial charge in [0.05, 0.1) is 0 Å². The van der Waals surface area contributed by atoms with E-state index in [2.05, 4.69) is 5.32 Å². The largest absolute Gasteiger partial charge is 0.492 e. The van der Waals surface area contributed by atoms with Crippen LogP contribution in [0.3, 0.4) is 0 Å². The van der Waals surface area contributed by atoms with E-state index in [4.69, 9.17) is 15.2 Å². The maximum absolute atomic E-state index is 11.8. The maximum Gasteiger partial charge on any atom is 0.253 e. The molecular weight excluding hydrogens is 268 g/mol. The third-order valence-electron chi connectivity index (χ3n) is 2.73. The van der Waals surface area contributed by atoms with Crippen molar-refractivity contribution in [2.24, 2.45) is 5.73 Å². The van der Waals surface area contributed by atoms with Crippen LogP contribution in [0.1, 0.15) is 12.8 Å². The van der Waals surface area contributed by atoms with Gasteiger partial charge in [-0.1, -0.05) is 0 Å². The smallest absolute Gasteiger partial charge is 0.253 e. The molecule has 1 aliphatic heterocycles. The predicted octanol–water partition coefficient (Wildman–Crippen LogP) is 1.56. The highest BCUT2D eigenvalue weighted by molar-refractivity contribution is 5.94. The number of rotatable bonds is 5. The lowest BCUT2D eigenvalue weighted by Crippen LogP contribution is -2.26. The first-order valence-corrected chi connectivity index (χ1v) is 6.15. The van der Waals surface area contributed by atoms with Crippen LogP contribution in [0.15, 0.2) is 24.3 Å². The summed E-state index contributed by atoms with van der Waals surface area (Å²) in [4.78, 5) is 11.8. The number of nitrogens with two attached hydrogens (primary N) is 1. The first kappa shape index (κ1) is 15.8. The molecule has 5 nitrogen and oxygen atoms in total. The van der Waals surface area contributed by atoms with Crippen molar-refractivity contribution in [3.63, 3.8) is 0 Å². The zero-order valence-electron chi connectivity index (χ0n) is 10.6. The van der Waals surface area contributed by atoms with Gasteiger partial charge in [-0.3, -0.25) is 4.79 Å². The summed E-state index contributed by atoms with van der Waals surface area (Å²) in [5, 5.41) is 2.82. The Labute approximate surface area is 118 Å². The second-order valence-electron chi connectivity index (χ2n) is 4.15. The highest BCUT2D eigenvalue weighted by Gasteiger charge is 2.23. The van der Waals surface area contributed by atoms with Crippen LogP contribution in [0.2, 0.25) is 0 Å². The van der Waals surface area contributed by atoms with Crippen LogP contribution >= 0.6 is 12.4 Å². The summed E-state index contributed by atoms with van der Waals surface area (Å²) in [6.45, 7) is 1.64. The van der Waals surface area contributed by atoms with Crippen molar-refractivity contribution in [1.82, 2.24) is 0 Å². The fourth-order valence-electron chi connectivity index (χ4n) is 1.82. The van der Waals surface area contributed by atoms with Crippen molar-refractivity contribution in [1.29, 1.82) is 0 Å². The van der Waals surface area contributed by atoms with Crippen molar-refractivity contribution < 1.29 is 14.3 Å². The lowest BCUT2D eigenvalue weighted by molar-refractivity contribution is -0.124. The number of hydrogen-bond acceptors (Lipinski definition) is 4. The lowest BCUT2D eigenvalue weighted by Gasteiger charge is -2.11. The molecule has 1 saturated heterocycles. The number of carbonyl (C=O) groups is 1. The van der Waals surface area contributed by atoms with E-state index in [0.717, 1.165) is 24.3 Å². The molecule has 0 spiro atoms. The van der Waals surface area contributed by atoms with Crippen molar-refractivity contribution >= 4 is 24.0 Å². The quantitative estimate of drug-likeness (QED) is 0.861. The number of halogens is 1. The average molecular weight is 287 g/mol. The third kappa shape index (κ3) is 4.70. The van der Waals surface area contributed by atoms with Crippen molar-refractivity contribution in [3.8, 4) is 5.75 Å². The van der Waals surface area contributed by atoms with Crippen LogP contribution in [0.4, 0.5) is 5.69 Å². The van der Waals surface area contributed by atoms with E-state index in [-0.39, 0.29) is 24.4 Å². The minimum absolute atomic E-state index is 0. The molecule has 1 aromatic rings. The first-order valence-electron chi connectivity index (χ1n) is 6.15. The van der Waals surface area contributed by atoms with Crippen molar-refractivity contribution in [3.05, 3.63) is 24.3 Å². The van der Waals surface area contributed by atoms with Gasteiger partial charge >= 0.3 is 0 Å². The zero-order valence-corrected chi connectivity index (χ0v) is 11.4. The molecule has 106 valence electrons. The van der Waals surface area contributed by atoms with E-state index >= 15 is 0 Å². The van der Waals surface area contributed by atoms with E-state index < -0.39 is 0 Å². The van der Waals surface area contributed by atoms with Crippen LogP contribution in [0.5, 0.6) is 5.75 Å². The standard InChI is InChI=1S/C13H18N2O3.ClH/c14-7-9-17-11-5-3-10(4-6-11)15-13(16)12-2-1-8-18-12;/h3-6,12H,1-2,7-9,14H2,(H,15,16);1H. The predicted molar refractivity (Wildman–Crippen MR) is 75.8 cm³/mol. The van der Waals surface area contributed by atoms with Gasteiger partial charge in [0.2, 0.25) is 0 Å². The van der Waals surface area contributed by atoms with E-state index in [1.807, 2.05) is 0 Å². The minimum atomic E-state index is -0.307. The molecule has 2 rings (SSSR count). The average Bonchev–Trinajstić information content (AvgIpc) is 2.92. The summed E-state index contributed by atoms with van der Waals surface area (Å²) in [5.74, 6) is 0.665. The molecule has 1 fully saturated rings. The molecule has 0 aromatic heterocycles. The molecule has 19 heavy (non-hydrogen) atoms. The summed E-state index contributed by atoms with van der Waals surface area (Å²) in [7, 11) is 0. The Bertz CT molecular complexity index is 391. The Morgan fingerprint density at radius 3 is 2.74 bits per heavy atom. The van der Waals surface area contributed by atoms with Gasteiger partial charge < -0.3 is 20.5 Å². The summed E-state index contributed by atoms with van der Waals surface area (Å²) in [6.07, 6.45) is 1.44. The van der Waals surface area contributed by atoms with Crippen molar-refractivity contribution in [2.45, 2.75) is 18.9 Å². The lowest BCUT2D eigenvalue weighted by atomic mass is 10.2. The second kappa shape index (κ2) is 7.99. The molecule has 3 N–H and O–H groups in total. The van der Waals surface area contributed by atoms with Crippen LogP contribution < -0.4 is 15.8 Å². The van der Waals surface area contributed by atoms with Crippen molar-refractivity contribution in [2.75, 3.05) is 25.1 Å². The number of benzene rings is 1. The monoisotopic (exact) mass is 286 g/mol. The molecule has 1 amide bonds. The van der Waals surface area contributed by atoms with Crippen LogP contribution in [-0.4, -0.2) is 31.8 Å². The van der Waals surface area contributed by atoms with Gasteiger partial charge in [-0.25, -0.2) is 0 Å². The van der Waals surface area contributed by atoms with Gasteiger partial charge in [-0.15, -0.1) is 12.4 Å². The third-order valence-corrected chi connectivity index (χ3v) is 2.73. The Kier molecular flexibility index (Phi) is 6.62. The summed E-state index contributed by atoms with van der Waals surface area (Å²) in [5.41, 5.74) is 6.09. The number of hydrogen-bond donors (Lipinski definition) is 2. The highest BCUT2D eigenvalue weighted by Crippen LogP contribution is 2.18. The Morgan fingerprint density at radius 1 is 1.42 bits per heavy atom. The van der Waals surface area contributed by atoms with Crippen LogP contribution in [-0.2, 0) is 9.53 Å². The Balaban J connectivity index is 0.00000180.